The third-order valence-electron chi connectivity index (χ3n) is 4.87. The van der Waals surface area contributed by atoms with E-state index in [9.17, 15) is 19.2 Å². The lowest BCUT2D eigenvalue weighted by Crippen LogP contribution is -2.53. The zero-order valence-corrected chi connectivity index (χ0v) is 20.8. The summed E-state index contributed by atoms with van der Waals surface area (Å²) in [5.41, 5.74) is 5.73. The summed E-state index contributed by atoms with van der Waals surface area (Å²) < 4.78 is 5.20. The molecule has 0 saturated carbocycles. The second kappa shape index (κ2) is 12.6. The molecule has 3 unspecified atom stereocenters. The highest BCUT2D eigenvalue weighted by molar-refractivity contribution is 5.95. The Hall–Kier alpha value is -3.54. The highest BCUT2D eigenvalue weighted by Gasteiger charge is 2.37. The van der Waals surface area contributed by atoms with E-state index in [1.54, 1.807) is 52.0 Å². The monoisotopic (exact) mass is 472 g/mol. The lowest BCUT2D eigenvalue weighted by Gasteiger charge is -2.31. The zero-order valence-electron chi connectivity index (χ0n) is 20.8. The average Bonchev–Trinajstić information content (AvgIpc) is 2.70. The molecule has 9 nitrogen and oxygen atoms in total. The van der Waals surface area contributed by atoms with E-state index < -0.39 is 47.9 Å². The molecule has 0 saturated heterocycles. The van der Waals surface area contributed by atoms with Gasteiger partial charge in [0.1, 0.15) is 17.7 Å². The molecule has 4 amide bonds. The Morgan fingerprint density at radius 2 is 1.79 bits per heavy atom. The third kappa shape index (κ3) is 8.77. The largest absolute Gasteiger partial charge is 0.444 e. The standard InChI is InChI=1S/C25H36N4O5/c1-8-12-17(4)27-22(31)21(18-14-11-10-13-16(18)3)29(9-2)23(32)19(15-20(26)30)28-24(33)34-25(5,6)7/h2,10-11,13-14,17,19,21H,8,12,15H2,1,3-7H3,(H2,26,30)(H,27,31)(H,28,33). The van der Waals surface area contributed by atoms with Crippen LogP contribution >= 0.6 is 0 Å². The highest BCUT2D eigenvalue weighted by Crippen LogP contribution is 2.25. The summed E-state index contributed by atoms with van der Waals surface area (Å²) in [6.45, 7) is 10.6. The molecule has 0 bridgehead atoms. The van der Waals surface area contributed by atoms with E-state index in [0.29, 0.717) is 5.56 Å². The lowest BCUT2D eigenvalue weighted by atomic mass is 9.98. The number of rotatable bonds is 10. The number of benzene rings is 1. The van der Waals surface area contributed by atoms with Crippen molar-refractivity contribution in [2.45, 2.75) is 84.5 Å². The van der Waals surface area contributed by atoms with Crippen LogP contribution < -0.4 is 16.4 Å². The maximum atomic E-state index is 13.5. The topological polar surface area (TPSA) is 131 Å². The van der Waals surface area contributed by atoms with Gasteiger partial charge in [0.15, 0.2) is 0 Å². The Labute approximate surface area is 201 Å². The number of primary amides is 1. The summed E-state index contributed by atoms with van der Waals surface area (Å²) in [6.07, 6.45) is 5.86. The van der Waals surface area contributed by atoms with Crippen LogP contribution in [0.25, 0.3) is 0 Å². The number of nitrogens with two attached hydrogens (primary N) is 1. The molecule has 0 aromatic heterocycles. The number of aryl methyl sites for hydroxylation is 1. The maximum Gasteiger partial charge on any atom is 0.408 e. The minimum Gasteiger partial charge on any atom is -0.444 e. The average molecular weight is 473 g/mol. The van der Waals surface area contributed by atoms with Gasteiger partial charge in [-0.05, 0) is 52.2 Å². The van der Waals surface area contributed by atoms with Gasteiger partial charge in [0.25, 0.3) is 5.91 Å². The molecule has 0 heterocycles. The summed E-state index contributed by atoms with van der Waals surface area (Å²) in [7, 11) is 0. The van der Waals surface area contributed by atoms with Crippen molar-refractivity contribution in [2.75, 3.05) is 0 Å². The van der Waals surface area contributed by atoms with Crippen LogP contribution in [0.2, 0.25) is 0 Å². The van der Waals surface area contributed by atoms with E-state index in [1.165, 1.54) is 0 Å². The first-order valence-corrected chi connectivity index (χ1v) is 11.2. The van der Waals surface area contributed by atoms with Gasteiger partial charge in [0.2, 0.25) is 11.8 Å². The molecule has 1 aromatic rings. The summed E-state index contributed by atoms with van der Waals surface area (Å²) >= 11 is 0. The quantitative estimate of drug-likeness (QED) is 0.356. The van der Waals surface area contributed by atoms with Crippen molar-refractivity contribution in [3.05, 3.63) is 35.4 Å². The molecule has 0 aliphatic heterocycles. The van der Waals surface area contributed by atoms with Crippen LogP contribution in [-0.4, -0.2) is 46.4 Å². The molecule has 0 aliphatic rings. The molecule has 0 fully saturated rings. The van der Waals surface area contributed by atoms with Gasteiger partial charge in [-0.2, -0.15) is 0 Å². The Balaban J connectivity index is 3.40. The second-order valence-electron chi connectivity index (χ2n) is 9.16. The smallest absolute Gasteiger partial charge is 0.408 e. The molecule has 1 aromatic carbocycles. The lowest BCUT2D eigenvalue weighted by molar-refractivity contribution is -0.139. The molecule has 3 atom stereocenters. The minimum absolute atomic E-state index is 0.153. The summed E-state index contributed by atoms with van der Waals surface area (Å²) in [5.74, 6) is -2.14. The number of nitrogens with zero attached hydrogens (tertiary/aromatic N) is 1. The fraction of sp³-hybridized carbons (Fsp3) is 0.520. The van der Waals surface area contributed by atoms with Gasteiger partial charge in [-0.15, -0.1) is 0 Å². The Kier molecular flexibility index (Phi) is 10.6. The van der Waals surface area contributed by atoms with E-state index in [1.807, 2.05) is 13.8 Å². The van der Waals surface area contributed by atoms with Crippen LogP contribution in [0.15, 0.2) is 24.3 Å². The van der Waals surface area contributed by atoms with E-state index in [-0.39, 0.29) is 6.04 Å². The molecule has 0 aliphatic carbocycles. The third-order valence-corrected chi connectivity index (χ3v) is 4.87. The van der Waals surface area contributed by atoms with Crippen molar-refractivity contribution in [1.82, 2.24) is 15.5 Å². The molecule has 9 heteroatoms. The van der Waals surface area contributed by atoms with Crippen LogP contribution in [0.5, 0.6) is 0 Å². The van der Waals surface area contributed by atoms with Crippen molar-refractivity contribution in [3.8, 4) is 12.5 Å². The van der Waals surface area contributed by atoms with Gasteiger partial charge in [-0.25, -0.2) is 4.79 Å². The van der Waals surface area contributed by atoms with E-state index in [2.05, 4.69) is 16.7 Å². The van der Waals surface area contributed by atoms with E-state index >= 15 is 0 Å². The predicted molar refractivity (Wildman–Crippen MR) is 129 cm³/mol. The molecule has 0 spiro atoms. The van der Waals surface area contributed by atoms with Crippen molar-refractivity contribution in [3.63, 3.8) is 0 Å². The van der Waals surface area contributed by atoms with Gasteiger partial charge in [-0.3, -0.25) is 19.3 Å². The summed E-state index contributed by atoms with van der Waals surface area (Å²) in [5, 5.41) is 5.26. The predicted octanol–water partition coefficient (Wildman–Crippen LogP) is 2.53. The van der Waals surface area contributed by atoms with Gasteiger partial charge in [0, 0.05) is 12.1 Å². The van der Waals surface area contributed by atoms with Crippen molar-refractivity contribution >= 4 is 23.8 Å². The van der Waals surface area contributed by atoms with Crippen LogP contribution in [-0.2, 0) is 19.1 Å². The number of nitrogens with one attached hydrogen (secondary N) is 2. The SMILES string of the molecule is C#CN(C(=O)C(CC(N)=O)NC(=O)OC(C)(C)C)C(C(=O)NC(C)CCC)c1ccccc1C. The Morgan fingerprint density at radius 1 is 1.18 bits per heavy atom. The first kappa shape index (κ1) is 28.5. The minimum atomic E-state index is -1.42. The van der Waals surface area contributed by atoms with Crippen LogP contribution in [0.1, 0.15) is 71.0 Å². The number of amides is 4. The number of carbonyl (C=O) groups is 4. The molecular weight excluding hydrogens is 436 g/mol. The number of hydrogen-bond acceptors (Lipinski definition) is 5. The normalized spacial score (nSPS) is 13.6. The number of terminal acetylenes is 1. The second-order valence-corrected chi connectivity index (χ2v) is 9.16. The first-order chi connectivity index (χ1) is 15.8. The van der Waals surface area contributed by atoms with Gasteiger partial charge in [0.05, 0.1) is 6.42 Å². The van der Waals surface area contributed by atoms with Crippen LogP contribution in [0, 0.1) is 19.4 Å². The number of hydrogen-bond donors (Lipinski definition) is 3. The molecule has 186 valence electrons. The Morgan fingerprint density at radius 3 is 2.29 bits per heavy atom. The van der Waals surface area contributed by atoms with E-state index in [4.69, 9.17) is 16.9 Å². The fourth-order valence-electron chi connectivity index (χ4n) is 3.40. The molecular formula is C25H36N4O5. The van der Waals surface area contributed by atoms with Crippen LogP contribution in [0.4, 0.5) is 4.79 Å². The van der Waals surface area contributed by atoms with Gasteiger partial charge >= 0.3 is 6.09 Å². The summed E-state index contributed by atoms with van der Waals surface area (Å²) in [4.78, 5) is 51.7. The molecule has 34 heavy (non-hydrogen) atoms. The van der Waals surface area contributed by atoms with Crippen LogP contribution in [0.3, 0.4) is 0 Å². The van der Waals surface area contributed by atoms with Crippen molar-refractivity contribution in [2.24, 2.45) is 5.73 Å². The van der Waals surface area contributed by atoms with Gasteiger partial charge in [-0.1, -0.05) is 44.0 Å². The fourth-order valence-corrected chi connectivity index (χ4v) is 3.40. The Bertz CT molecular complexity index is 932. The van der Waals surface area contributed by atoms with Crippen molar-refractivity contribution in [1.29, 1.82) is 0 Å². The molecule has 0 radical (unpaired) electrons. The van der Waals surface area contributed by atoms with Crippen molar-refractivity contribution < 1.29 is 23.9 Å². The number of carbonyl (C=O) groups excluding carboxylic acids is 4. The van der Waals surface area contributed by atoms with E-state index in [0.717, 1.165) is 23.3 Å². The highest BCUT2D eigenvalue weighted by atomic mass is 16.6. The summed E-state index contributed by atoms with van der Waals surface area (Å²) in [6, 6.07) is 6.54. The zero-order chi connectivity index (χ0) is 26.1. The molecule has 1 rings (SSSR count). The number of alkyl carbamates (subject to hydrolysis) is 1. The molecule has 4 N–H and O–H groups in total. The first-order valence-electron chi connectivity index (χ1n) is 11.2. The van der Waals surface area contributed by atoms with Gasteiger partial charge < -0.3 is 21.1 Å². The maximum absolute atomic E-state index is 13.5. The number of ether oxygens (including phenoxy) is 1.